The fourth-order valence-corrected chi connectivity index (χ4v) is 6.18. The Morgan fingerprint density at radius 1 is 1.17 bits per heavy atom. The topological polar surface area (TPSA) is 95.5 Å². The second kappa shape index (κ2) is 8.86. The molecule has 2 aromatic rings. The molecule has 2 amide bonds. The van der Waals surface area contributed by atoms with Crippen molar-refractivity contribution in [1.29, 1.82) is 0 Å². The van der Waals surface area contributed by atoms with Gasteiger partial charge in [-0.15, -0.1) is 11.3 Å². The van der Waals surface area contributed by atoms with E-state index in [1.165, 1.54) is 6.07 Å². The zero-order valence-corrected chi connectivity index (χ0v) is 20.6. The van der Waals surface area contributed by atoms with E-state index in [1.54, 1.807) is 26.8 Å². The van der Waals surface area contributed by atoms with Crippen LogP contribution in [0, 0.1) is 6.92 Å². The highest BCUT2D eigenvalue weighted by Gasteiger charge is 2.28. The minimum absolute atomic E-state index is 0.0254. The third-order valence-electron chi connectivity index (χ3n) is 4.71. The van der Waals surface area contributed by atoms with Crippen molar-refractivity contribution in [2.24, 2.45) is 0 Å². The van der Waals surface area contributed by atoms with Gasteiger partial charge in [-0.25, -0.2) is 17.9 Å². The van der Waals surface area contributed by atoms with Crippen LogP contribution in [0.4, 0.5) is 10.5 Å². The number of rotatable bonds is 6. The average molecular weight is 473 g/mol. The minimum Gasteiger partial charge on any atom is -0.386 e. The molecule has 30 heavy (non-hydrogen) atoms. The molecule has 0 unspecified atom stereocenters. The maximum Gasteiger partial charge on any atom is 0.333 e. The highest BCUT2D eigenvalue weighted by Crippen LogP contribution is 2.38. The van der Waals surface area contributed by atoms with E-state index in [4.69, 9.17) is 11.6 Å². The van der Waals surface area contributed by atoms with E-state index in [1.807, 2.05) is 33.8 Å². The Balaban J connectivity index is 2.37. The number of thiophene rings is 1. The summed E-state index contributed by atoms with van der Waals surface area (Å²) < 4.78 is 27.6. The second-order valence-electron chi connectivity index (χ2n) is 8.39. The lowest BCUT2D eigenvalue weighted by atomic mass is 9.92. The summed E-state index contributed by atoms with van der Waals surface area (Å²) in [5, 5.41) is 13.4. The average Bonchev–Trinajstić information content (AvgIpc) is 2.96. The third-order valence-corrected chi connectivity index (χ3v) is 7.89. The molecule has 1 aromatic carbocycles. The summed E-state index contributed by atoms with van der Waals surface area (Å²) in [6, 6.07) is 4.16. The molecule has 0 radical (unpaired) electrons. The Labute approximate surface area is 187 Å². The molecule has 1 aromatic heterocycles. The Hall–Kier alpha value is -1.61. The van der Waals surface area contributed by atoms with Crippen molar-refractivity contribution >= 4 is 44.7 Å². The number of amides is 2. The first-order chi connectivity index (χ1) is 13.6. The van der Waals surface area contributed by atoms with Gasteiger partial charge in [0, 0.05) is 9.90 Å². The normalized spacial score (nSPS) is 12.5. The zero-order chi connectivity index (χ0) is 23.0. The minimum atomic E-state index is -4.11. The zero-order valence-electron chi connectivity index (χ0n) is 18.3. The molecule has 0 bridgehead atoms. The highest BCUT2D eigenvalue weighted by molar-refractivity contribution is 7.92. The van der Waals surface area contributed by atoms with Crippen molar-refractivity contribution in [3.63, 3.8) is 0 Å². The van der Waals surface area contributed by atoms with Gasteiger partial charge in [0.1, 0.15) is 4.21 Å². The predicted octanol–water partition coefficient (Wildman–Crippen LogP) is 5.69. The summed E-state index contributed by atoms with van der Waals surface area (Å²) in [5.41, 5.74) is 1.47. The lowest BCUT2D eigenvalue weighted by Crippen LogP contribution is -2.34. The van der Waals surface area contributed by atoms with E-state index in [2.05, 4.69) is 10.0 Å². The number of halogens is 1. The van der Waals surface area contributed by atoms with Crippen molar-refractivity contribution in [2.45, 2.75) is 70.1 Å². The molecule has 0 fully saturated rings. The molecule has 0 aliphatic carbocycles. The van der Waals surface area contributed by atoms with E-state index < -0.39 is 21.7 Å². The van der Waals surface area contributed by atoms with Gasteiger partial charge < -0.3 is 10.4 Å². The fraction of sp³-hybridized carbons (Fsp3) is 0.476. The summed E-state index contributed by atoms with van der Waals surface area (Å²) in [6.07, 6.45) is 0. The van der Waals surface area contributed by atoms with Gasteiger partial charge in [-0.2, -0.15) is 0 Å². The molecule has 3 N–H and O–H groups in total. The third kappa shape index (κ3) is 5.35. The first-order valence-electron chi connectivity index (χ1n) is 9.64. The van der Waals surface area contributed by atoms with Crippen molar-refractivity contribution < 1.29 is 18.3 Å². The van der Waals surface area contributed by atoms with E-state index >= 15 is 0 Å². The number of aliphatic hydroxyl groups is 1. The lowest BCUT2D eigenvalue weighted by molar-refractivity contribution is 0.0783. The summed E-state index contributed by atoms with van der Waals surface area (Å²) in [4.78, 5) is 13.3. The summed E-state index contributed by atoms with van der Waals surface area (Å²) in [6.45, 7) is 12.8. The molecule has 0 atom stereocenters. The van der Waals surface area contributed by atoms with Gasteiger partial charge >= 0.3 is 6.03 Å². The van der Waals surface area contributed by atoms with Crippen LogP contribution < -0.4 is 10.0 Å². The number of carbonyl (C=O) groups excluding carboxylic acids is 1. The van der Waals surface area contributed by atoms with Crippen molar-refractivity contribution in [2.75, 3.05) is 5.32 Å². The quantitative estimate of drug-likeness (QED) is 0.502. The SMILES string of the molecule is Cc1sc(S(=O)(=O)NC(=O)Nc2c(C(C)C)ccc(Cl)c2C(C)C)cc1C(C)(C)O. The molecular formula is C21H29ClN2O4S2. The molecule has 166 valence electrons. The predicted molar refractivity (Wildman–Crippen MR) is 123 cm³/mol. The maximum atomic E-state index is 12.8. The fourth-order valence-electron chi connectivity index (χ4n) is 3.30. The Bertz CT molecular complexity index is 1050. The van der Waals surface area contributed by atoms with Crippen LogP contribution >= 0.6 is 22.9 Å². The molecule has 2 rings (SSSR count). The first-order valence-corrected chi connectivity index (χ1v) is 12.3. The van der Waals surface area contributed by atoms with Crippen LogP contribution in [0.15, 0.2) is 22.4 Å². The number of nitrogens with one attached hydrogen (secondary N) is 2. The standard InChI is InChI=1S/C21H29ClN2O4S2/c1-11(2)14-8-9-16(22)18(12(3)4)19(14)23-20(25)24-30(27,28)17-10-15(13(5)29-17)21(6,7)26/h8-12,26H,1-7H3,(H2,23,24,25). The van der Waals surface area contributed by atoms with Gasteiger partial charge in [0.25, 0.3) is 10.0 Å². The monoisotopic (exact) mass is 472 g/mol. The molecular weight excluding hydrogens is 444 g/mol. The van der Waals surface area contributed by atoms with Gasteiger partial charge in [0.2, 0.25) is 0 Å². The lowest BCUT2D eigenvalue weighted by Gasteiger charge is -2.21. The number of urea groups is 1. The van der Waals surface area contributed by atoms with E-state index in [0.29, 0.717) is 21.2 Å². The number of carbonyl (C=O) groups is 1. The molecule has 0 saturated carbocycles. The largest absolute Gasteiger partial charge is 0.386 e. The second-order valence-corrected chi connectivity index (χ2v) is 12.0. The van der Waals surface area contributed by atoms with Crippen LogP contribution in [0.5, 0.6) is 0 Å². The van der Waals surface area contributed by atoms with Gasteiger partial charge in [-0.05, 0) is 61.4 Å². The Morgan fingerprint density at radius 3 is 2.23 bits per heavy atom. The number of sulfonamides is 1. The molecule has 1 heterocycles. The molecule has 0 spiro atoms. The van der Waals surface area contributed by atoms with Gasteiger partial charge in [0.15, 0.2) is 0 Å². The van der Waals surface area contributed by atoms with E-state index in [-0.39, 0.29) is 16.0 Å². The van der Waals surface area contributed by atoms with Crippen molar-refractivity contribution in [3.05, 3.63) is 44.8 Å². The van der Waals surface area contributed by atoms with E-state index in [0.717, 1.165) is 22.5 Å². The highest BCUT2D eigenvalue weighted by atomic mass is 35.5. The molecule has 0 aliphatic heterocycles. The van der Waals surface area contributed by atoms with Crippen LogP contribution in [0.2, 0.25) is 5.02 Å². The van der Waals surface area contributed by atoms with Gasteiger partial charge in [-0.3, -0.25) is 0 Å². The summed E-state index contributed by atoms with van der Waals surface area (Å²) >= 11 is 7.37. The summed E-state index contributed by atoms with van der Waals surface area (Å²) in [7, 11) is -4.11. The van der Waals surface area contributed by atoms with Crippen LogP contribution in [-0.4, -0.2) is 19.6 Å². The Morgan fingerprint density at radius 2 is 1.77 bits per heavy atom. The summed E-state index contributed by atoms with van der Waals surface area (Å²) in [5.74, 6) is 0.123. The van der Waals surface area contributed by atoms with Gasteiger partial charge in [0.05, 0.1) is 11.3 Å². The number of hydrogen-bond acceptors (Lipinski definition) is 5. The Kier molecular flexibility index (Phi) is 7.29. The van der Waals surface area contributed by atoms with E-state index in [9.17, 15) is 18.3 Å². The number of aryl methyl sites for hydroxylation is 1. The van der Waals surface area contributed by atoms with Crippen molar-refractivity contribution in [3.8, 4) is 0 Å². The molecule has 0 aliphatic rings. The molecule has 0 saturated heterocycles. The first kappa shape index (κ1) is 24.7. The smallest absolute Gasteiger partial charge is 0.333 e. The van der Waals surface area contributed by atoms with Crippen LogP contribution in [0.1, 0.15) is 74.9 Å². The van der Waals surface area contributed by atoms with Gasteiger partial charge in [-0.1, -0.05) is 45.4 Å². The number of anilines is 1. The number of hydrogen-bond donors (Lipinski definition) is 3. The maximum absolute atomic E-state index is 12.8. The van der Waals surface area contributed by atoms with Crippen molar-refractivity contribution in [1.82, 2.24) is 4.72 Å². The number of benzene rings is 1. The molecule has 6 nitrogen and oxygen atoms in total. The van der Waals surface area contributed by atoms with Crippen LogP contribution in [-0.2, 0) is 15.6 Å². The van der Waals surface area contributed by atoms with Crippen LogP contribution in [0.3, 0.4) is 0 Å². The molecule has 9 heteroatoms. The van der Waals surface area contributed by atoms with Crippen LogP contribution in [0.25, 0.3) is 0 Å².